The Hall–Kier alpha value is -1.68. The monoisotopic (exact) mass is 246 g/mol. The number of nitrogens with two attached hydrogens (primary N) is 1. The van der Waals surface area contributed by atoms with Gasteiger partial charge in [0.15, 0.2) is 0 Å². The first-order chi connectivity index (χ1) is 8.59. The molecule has 2 aromatic rings. The van der Waals surface area contributed by atoms with E-state index in [0.29, 0.717) is 5.39 Å². The quantitative estimate of drug-likeness (QED) is 0.885. The van der Waals surface area contributed by atoms with Gasteiger partial charge in [0.1, 0.15) is 5.82 Å². The molecule has 0 bridgehead atoms. The molecule has 3 rings (SSSR count). The summed E-state index contributed by atoms with van der Waals surface area (Å²) in [5, 5.41) is 0.804. The third-order valence-corrected chi connectivity index (χ3v) is 3.44. The summed E-state index contributed by atoms with van der Waals surface area (Å²) in [7, 11) is 0. The van der Waals surface area contributed by atoms with Crippen LogP contribution in [-0.2, 0) is 0 Å². The van der Waals surface area contributed by atoms with E-state index in [0.717, 1.165) is 18.5 Å². The normalized spacial score (nSPS) is 17.1. The molecule has 1 aliphatic rings. The molecule has 1 atom stereocenters. The number of hydrogen-bond acceptors (Lipinski definition) is 2. The number of benzene rings is 1. The minimum absolute atomic E-state index is 0.175. The minimum atomic E-state index is -0.455. The predicted molar refractivity (Wildman–Crippen MR) is 69.0 cm³/mol. The van der Waals surface area contributed by atoms with Gasteiger partial charge in [0.25, 0.3) is 5.56 Å². The van der Waals surface area contributed by atoms with Gasteiger partial charge in [0.05, 0.1) is 5.39 Å². The van der Waals surface area contributed by atoms with Crippen molar-refractivity contribution in [2.75, 3.05) is 0 Å². The fourth-order valence-electron chi connectivity index (χ4n) is 2.41. The van der Waals surface area contributed by atoms with Crippen molar-refractivity contribution in [2.45, 2.75) is 31.8 Å². The summed E-state index contributed by atoms with van der Waals surface area (Å²) >= 11 is 0. The molecule has 4 heteroatoms. The Labute approximate surface area is 104 Å². The average Bonchev–Trinajstić information content (AvgIpc) is 3.12. The molecule has 0 aliphatic heterocycles. The second-order valence-corrected chi connectivity index (χ2v) is 4.97. The van der Waals surface area contributed by atoms with Gasteiger partial charge < -0.3 is 10.3 Å². The summed E-state index contributed by atoms with van der Waals surface area (Å²) in [6.45, 7) is 1.85. The number of hydrogen-bond donors (Lipinski definition) is 1. The van der Waals surface area contributed by atoms with E-state index in [2.05, 4.69) is 0 Å². The van der Waals surface area contributed by atoms with E-state index >= 15 is 0 Å². The Morgan fingerprint density at radius 1 is 1.44 bits per heavy atom. The van der Waals surface area contributed by atoms with Gasteiger partial charge in [-0.15, -0.1) is 0 Å². The Kier molecular flexibility index (Phi) is 2.48. The van der Waals surface area contributed by atoms with Crippen LogP contribution in [0.3, 0.4) is 0 Å². The van der Waals surface area contributed by atoms with E-state index in [1.807, 2.05) is 13.0 Å². The highest BCUT2D eigenvalue weighted by Gasteiger charge is 2.28. The molecule has 0 unspecified atom stereocenters. The Morgan fingerprint density at radius 2 is 2.17 bits per heavy atom. The van der Waals surface area contributed by atoms with Crippen LogP contribution in [0.15, 0.2) is 29.1 Å². The van der Waals surface area contributed by atoms with Crippen molar-refractivity contribution in [3.8, 4) is 0 Å². The number of halogens is 1. The first-order valence-electron chi connectivity index (χ1n) is 6.19. The van der Waals surface area contributed by atoms with Gasteiger partial charge in [-0.05, 0) is 37.3 Å². The van der Waals surface area contributed by atoms with Crippen LogP contribution in [0.5, 0.6) is 0 Å². The summed E-state index contributed by atoms with van der Waals surface area (Å²) in [6, 6.07) is 6.50. The van der Waals surface area contributed by atoms with Crippen molar-refractivity contribution in [3.63, 3.8) is 0 Å². The summed E-state index contributed by atoms with van der Waals surface area (Å²) < 4.78 is 15.5. The summed E-state index contributed by atoms with van der Waals surface area (Å²) in [5.41, 5.74) is 6.47. The van der Waals surface area contributed by atoms with Crippen LogP contribution >= 0.6 is 0 Å². The molecule has 1 fully saturated rings. The number of nitrogens with zero attached hydrogens (tertiary/aromatic N) is 1. The van der Waals surface area contributed by atoms with Crippen LogP contribution in [0.2, 0.25) is 0 Å². The van der Waals surface area contributed by atoms with Crippen molar-refractivity contribution in [1.82, 2.24) is 4.57 Å². The standard InChI is InChI=1S/C14H15FN2O/c1-8(16)12-7-9-3-2-4-11(15)13(9)14(18)17(12)10-5-6-10/h2-4,7-8,10H,5-6,16H2,1H3/t8-/m0/s1. The highest BCUT2D eigenvalue weighted by Crippen LogP contribution is 2.36. The second kappa shape index (κ2) is 3.92. The molecule has 2 N–H and O–H groups in total. The zero-order valence-electron chi connectivity index (χ0n) is 10.2. The van der Waals surface area contributed by atoms with Gasteiger partial charge in [-0.1, -0.05) is 12.1 Å². The fourth-order valence-corrected chi connectivity index (χ4v) is 2.41. The Balaban J connectivity index is 2.42. The molecule has 1 heterocycles. The van der Waals surface area contributed by atoms with Gasteiger partial charge in [0, 0.05) is 17.8 Å². The summed E-state index contributed by atoms with van der Waals surface area (Å²) in [4.78, 5) is 12.4. The van der Waals surface area contributed by atoms with Gasteiger partial charge >= 0.3 is 0 Å². The van der Waals surface area contributed by atoms with Crippen LogP contribution in [-0.4, -0.2) is 4.57 Å². The minimum Gasteiger partial charge on any atom is -0.323 e. The maximum Gasteiger partial charge on any atom is 0.261 e. The largest absolute Gasteiger partial charge is 0.323 e. The topological polar surface area (TPSA) is 48.0 Å². The average molecular weight is 246 g/mol. The number of pyridine rings is 1. The van der Waals surface area contributed by atoms with Crippen molar-refractivity contribution in [2.24, 2.45) is 5.73 Å². The van der Waals surface area contributed by atoms with Crippen molar-refractivity contribution in [3.05, 3.63) is 46.1 Å². The highest BCUT2D eigenvalue weighted by molar-refractivity contribution is 5.82. The van der Waals surface area contributed by atoms with Gasteiger partial charge in [-0.3, -0.25) is 4.79 Å². The van der Waals surface area contributed by atoms with Crippen LogP contribution in [0.4, 0.5) is 4.39 Å². The van der Waals surface area contributed by atoms with Crippen LogP contribution in [0, 0.1) is 5.82 Å². The maximum absolute atomic E-state index is 13.8. The van der Waals surface area contributed by atoms with Gasteiger partial charge in [-0.25, -0.2) is 4.39 Å². The number of aromatic nitrogens is 1. The van der Waals surface area contributed by atoms with Crippen molar-refractivity contribution in [1.29, 1.82) is 0 Å². The zero-order chi connectivity index (χ0) is 12.9. The molecule has 0 saturated heterocycles. The SMILES string of the molecule is C[C@H](N)c1cc2cccc(F)c2c(=O)n1C1CC1. The van der Waals surface area contributed by atoms with E-state index in [1.54, 1.807) is 16.7 Å². The predicted octanol–water partition coefficient (Wildman–Crippen LogP) is 2.50. The summed E-state index contributed by atoms with van der Waals surface area (Å²) in [5.74, 6) is -0.455. The van der Waals surface area contributed by atoms with Gasteiger partial charge in [0.2, 0.25) is 0 Å². The molecule has 18 heavy (non-hydrogen) atoms. The van der Waals surface area contributed by atoms with Crippen LogP contribution in [0.1, 0.15) is 37.5 Å². The smallest absolute Gasteiger partial charge is 0.261 e. The van der Waals surface area contributed by atoms with Gasteiger partial charge in [-0.2, -0.15) is 0 Å². The molecular formula is C14H15FN2O. The molecule has 0 spiro atoms. The van der Waals surface area contributed by atoms with Crippen LogP contribution in [0.25, 0.3) is 10.8 Å². The lowest BCUT2D eigenvalue weighted by atomic mass is 10.1. The molecule has 1 saturated carbocycles. The fraction of sp³-hybridized carbons (Fsp3) is 0.357. The lowest BCUT2D eigenvalue weighted by Gasteiger charge is -2.16. The first-order valence-corrected chi connectivity index (χ1v) is 6.19. The molecular weight excluding hydrogens is 231 g/mol. The van der Waals surface area contributed by atoms with E-state index in [1.165, 1.54) is 6.07 Å². The molecule has 1 aliphatic carbocycles. The third kappa shape index (κ3) is 1.64. The Morgan fingerprint density at radius 3 is 2.78 bits per heavy atom. The van der Waals surface area contributed by atoms with Crippen molar-refractivity contribution >= 4 is 10.8 Å². The van der Waals surface area contributed by atoms with Crippen LogP contribution < -0.4 is 11.3 Å². The highest BCUT2D eigenvalue weighted by atomic mass is 19.1. The Bertz CT molecular complexity index is 671. The third-order valence-electron chi connectivity index (χ3n) is 3.44. The molecule has 1 aromatic carbocycles. The van der Waals surface area contributed by atoms with E-state index in [9.17, 15) is 9.18 Å². The maximum atomic E-state index is 13.8. The number of fused-ring (bicyclic) bond motifs is 1. The lowest BCUT2D eigenvalue weighted by molar-refractivity contribution is 0.608. The van der Waals surface area contributed by atoms with Crippen molar-refractivity contribution < 1.29 is 4.39 Å². The first kappa shape index (κ1) is 11.4. The molecule has 3 nitrogen and oxygen atoms in total. The zero-order valence-corrected chi connectivity index (χ0v) is 10.2. The molecule has 1 aromatic heterocycles. The van der Waals surface area contributed by atoms with E-state index in [-0.39, 0.29) is 23.0 Å². The molecule has 0 radical (unpaired) electrons. The second-order valence-electron chi connectivity index (χ2n) is 4.97. The number of rotatable bonds is 2. The lowest BCUT2D eigenvalue weighted by Crippen LogP contribution is -2.26. The summed E-state index contributed by atoms with van der Waals surface area (Å²) in [6.07, 6.45) is 1.94. The van der Waals surface area contributed by atoms with E-state index < -0.39 is 5.82 Å². The molecule has 0 amide bonds. The van der Waals surface area contributed by atoms with E-state index in [4.69, 9.17) is 5.73 Å². The molecule has 94 valence electrons.